The number of pyridine rings is 1. The Morgan fingerprint density at radius 3 is 2.48 bits per heavy atom. The molecule has 1 aromatic carbocycles. The summed E-state index contributed by atoms with van der Waals surface area (Å²) in [5.74, 6) is 0.933. The lowest BCUT2D eigenvalue weighted by Crippen LogP contribution is -2.20. The molecule has 21 heavy (non-hydrogen) atoms. The maximum absolute atomic E-state index is 5.89. The maximum atomic E-state index is 5.89. The average molecular weight is 321 g/mol. The number of thioether (sulfide) groups is 1. The van der Waals surface area contributed by atoms with Crippen molar-refractivity contribution in [1.29, 1.82) is 0 Å². The van der Waals surface area contributed by atoms with E-state index in [4.69, 9.17) is 11.6 Å². The van der Waals surface area contributed by atoms with Gasteiger partial charge in [0.1, 0.15) is 0 Å². The highest BCUT2D eigenvalue weighted by molar-refractivity contribution is 7.98. The molecule has 0 radical (unpaired) electrons. The van der Waals surface area contributed by atoms with Crippen LogP contribution in [0.25, 0.3) is 0 Å². The van der Waals surface area contributed by atoms with Crippen molar-refractivity contribution >= 4 is 23.4 Å². The zero-order valence-corrected chi connectivity index (χ0v) is 14.0. The smallest absolute Gasteiger partial charge is 0.0573 e. The minimum atomic E-state index is 0.352. The fourth-order valence-electron chi connectivity index (χ4n) is 2.13. The monoisotopic (exact) mass is 320 g/mol. The van der Waals surface area contributed by atoms with Crippen LogP contribution in [0.3, 0.4) is 0 Å². The quantitative estimate of drug-likeness (QED) is 0.719. The van der Waals surface area contributed by atoms with Crippen molar-refractivity contribution in [2.24, 2.45) is 0 Å². The van der Waals surface area contributed by atoms with Crippen LogP contribution in [-0.4, -0.2) is 11.5 Å². The fraction of sp³-hybridized carbons (Fsp3) is 0.353. The highest BCUT2D eigenvalue weighted by Gasteiger charge is 2.08. The van der Waals surface area contributed by atoms with Gasteiger partial charge in [-0.05, 0) is 42.8 Å². The van der Waals surface area contributed by atoms with Gasteiger partial charge in [-0.3, -0.25) is 4.98 Å². The molecule has 1 atom stereocenters. The largest absolute Gasteiger partial charge is 0.309 e. The average Bonchev–Trinajstić information content (AvgIpc) is 2.53. The third-order valence-corrected chi connectivity index (χ3v) is 4.60. The minimum absolute atomic E-state index is 0.352. The second-order valence-corrected chi connectivity index (χ2v) is 6.34. The van der Waals surface area contributed by atoms with Crippen LogP contribution >= 0.6 is 23.4 Å². The van der Waals surface area contributed by atoms with E-state index in [0.717, 1.165) is 29.4 Å². The Morgan fingerprint density at radius 1 is 1.14 bits per heavy atom. The molecule has 0 fully saturated rings. The molecule has 4 heteroatoms. The predicted octanol–water partition coefficient (Wildman–Crippen LogP) is 5.09. The van der Waals surface area contributed by atoms with Gasteiger partial charge < -0.3 is 5.32 Å². The van der Waals surface area contributed by atoms with Crippen molar-refractivity contribution in [3.8, 4) is 0 Å². The highest BCUT2D eigenvalue weighted by atomic mass is 35.5. The van der Waals surface area contributed by atoms with Crippen LogP contribution in [0.5, 0.6) is 0 Å². The van der Waals surface area contributed by atoms with E-state index in [2.05, 4.69) is 48.4 Å². The molecule has 1 N–H and O–H groups in total. The number of hydrogen-bond donors (Lipinski definition) is 1. The van der Waals surface area contributed by atoms with Crippen molar-refractivity contribution < 1.29 is 0 Å². The molecule has 0 aliphatic carbocycles. The number of halogens is 1. The first-order valence-electron chi connectivity index (χ1n) is 7.29. The van der Waals surface area contributed by atoms with Crippen LogP contribution in [0.1, 0.15) is 37.6 Å². The lowest BCUT2D eigenvalue weighted by atomic mass is 10.1. The molecule has 0 saturated heterocycles. The van der Waals surface area contributed by atoms with Gasteiger partial charge in [0.05, 0.1) is 5.69 Å². The second-order valence-electron chi connectivity index (χ2n) is 4.85. The molecule has 0 aliphatic rings. The topological polar surface area (TPSA) is 24.9 Å². The molecule has 2 nitrogen and oxygen atoms in total. The molecule has 2 rings (SSSR count). The summed E-state index contributed by atoms with van der Waals surface area (Å²) in [5, 5.41) is 4.23. The molecule has 112 valence electrons. The van der Waals surface area contributed by atoms with E-state index in [1.165, 1.54) is 10.5 Å². The van der Waals surface area contributed by atoms with E-state index in [1.54, 1.807) is 11.8 Å². The molecule has 0 spiro atoms. The minimum Gasteiger partial charge on any atom is -0.309 e. The third-order valence-electron chi connectivity index (χ3n) is 3.29. The molecule has 0 bridgehead atoms. The number of rotatable bonds is 7. The number of hydrogen-bond acceptors (Lipinski definition) is 3. The normalized spacial score (nSPS) is 12.3. The van der Waals surface area contributed by atoms with Crippen molar-refractivity contribution in [3.05, 3.63) is 58.9 Å². The summed E-state index contributed by atoms with van der Waals surface area (Å²) in [6, 6.07) is 12.6. The number of aromatic nitrogens is 1. The van der Waals surface area contributed by atoms with Gasteiger partial charge in [-0.1, -0.05) is 37.6 Å². The summed E-state index contributed by atoms with van der Waals surface area (Å²) in [7, 11) is 0. The van der Waals surface area contributed by atoms with E-state index in [-0.39, 0.29) is 0 Å². The van der Waals surface area contributed by atoms with Gasteiger partial charge in [0, 0.05) is 27.9 Å². The Balaban J connectivity index is 1.94. The van der Waals surface area contributed by atoms with Crippen LogP contribution < -0.4 is 5.32 Å². The Kier molecular flexibility index (Phi) is 6.55. The molecular weight excluding hydrogens is 300 g/mol. The van der Waals surface area contributed by atoms with Gasteiger partial charge in [-0.15, -0.1) is 11.8 Å². The van der Waals surface area contributed by atoms with Crippen LogP contribution in [0.4, 0.5) is 0 Å². The molecule has 2 aromatic rings. The second kappa shape index (κ2) is 8.42. The molecule has 1 aromatic heterocycles. The third kappa shape index (κ3) is 5.03. The van der Waals surface area contributed by atoms with Crippen LogP contribution in [0.15, 0.2) is 47.5 Å². The van der Waals surface area contributed by atoms with Crippen molar-refractivity contribution in [2.45, 2.75) is 37.0 Å². The lowest BCUT2D eigenvalue weighted by molar-refractivity contribution is 0.524. The SMILES string of the molecule is CCNC(CC)c1ccc(SCc2ccc(Cl)cc2)cn1. The summed E-state index contributed by atoms with van der Waals surface area (Å²) < 4.78 is 0. The van der Waals surface area contributed by atoms with E-state index < -0.39 is 0 Å². The Labute approximate surface area is 136 Å². The van der Waals surface area contributed by atoms with Gasteiger partial charge in [-0.25, -0.2) is 0 Å². The van der Waals surface area contributed by atoms with Gasteiger partial charge in [0.2, 0.25) is 0 Å². The molecule has 0 amide bonds. The fourth-order valence-corrected chi connectivity index (χ4v) is 3.08. The Hall–Kier alpha value is -1.03. The lowest BCUT2D eigenvalue weighted by Gasteiger charge is -2.15. The van der Waals surface area contributed by atoms with Gasteiger partial charge >= 0.3 is 0 Å². The summed E-state index contributed by atoms with van der Waals surface area (Å²) >= 11 is 7.69. The van der Waals surface area contributed by atoms with Crippen LogP contribution in [0, 0.1) is 0 Å². The number of benzene rings is 1. The van der Waals surface area contributed by atoms with E-state index in [9.17, 15) is 0 Å². The zero-order chi connectivity index (χ0) is 15.1. The standard InChI is InChI=1S/C17H21ClN2S/c1-3-16(19-4-2)17-10-9-15(11-20-17)21-12-13-5-7-14(18)8-6-13/h5-11,16,19H,3-4,12H2,1-2H3. The van der Waals surface area contributed by atoms with Crippen molar-refractivity contribution in [2.75, 3.05) is 6.54 Å². The van der Waals surface area contributed by atoms with E-state index in [0.29, 0.717) is 6.04 Å². The first-order chi connectivity index (χ1) is 10.2. The molecule has 1 unspecified atom stereocenters. The highest BCUT2D eigenvalue weighted by Crippen LogP contribution is 2.24. The Morgan fingerprint density at radius 2 is 1.90 bits per heavy atom. The summed E-state index contributed by atoms with van der Waals surface area (Å²) in [4.78, 5) is 5.78. The molecular formula is C17H21ClN2S. The number of nitrogens with zero attached hydrogens (tertiary/aromatic N) is 1. The van der Waals surface area contributed by atoms with Crippen LogP contribution in [-0.2, 0) is 5.75 Å². The predicted molar refractivity (Wildman–Crippen MR) is 92.0 cm³/mol. The van der Waals surface area contributed by atoms with Crippen LogP contribution in [0.2, 0.25) is 5.02 Å². The summed E-state index contributed by atoms with van der Waals surface area (Å²) in [5.41, 5.74) is 2.39. The van der Waals surface area contributed by atoms with Crippen molar-refractivity contribution in [3.63, 3.8) is 0 Å². The molecule has 0 saturated carbocycles. The van der Waals surface area contributed by atoms with Gasteiger partial charge in [0.15, 0.2) is 0 Å². The van der Waals surface area contributed by atoms with Gasteiger partial charge in [-0.2, -0.15) is 0 Å². The van der Waals surface area contributed by atoms with Crippen molar-refractivity contribution in [1.82, 2.24) is 10.3 Å². The van der Waals surface area contributed by atoms with E-state index in [1.807, 2.05) is 18.3 Å². The zero-order valence-electron chi connectivity index (χ0n) is 12.5. The molecule has 0 aliphatic heterocycles. The summed E-state index contributed by atoms with van der Waals surface area (Å²) in [6.45, 7) is 5.27. The number of nitrogens with one attached hydrogen (secondary N) is 1. The van der Waals surface area contributed by atoms with E-state index >= 15 is 0 Å². The van der Waals surface area contributed by atoms with Gasteiger partial charge in [0.25, 0.3) is 0 Å². The summed E-state index contributed by atoms with van der Waals surface area (Å²) in [6.07, 6.45) is 3.02. The molecule has 1 heterocycles. The first kappa shape index (κ1) is 16.3. The maximum Gasteiger partial charge on any atom is 0.0573 e. The Bertz CT molecular complexity index is 540. The first-order valence-corrected chi connectivity index (χ1v) is 8.65.